The van der Waals surface area contributed by atoms with Crippen LogP contribution in [0.3, 0.4) is 0 Å². The maximum atomic E-state index is 3.79. The van der Waals surface area contributed by atoms with Crippen LogP contribution in [0.25, 0.3) is 10.8 Å². The van der Waals surface area contributed by atoms with Crippen molar-refractivity contribution < 1.29 is 0 Å². The van der Waals surface area contributed by atoms with E-state index in [9.17, 15) is 0 Å². The first-order valence-electron chi connectivity index (χ1n) is 8.73. The lowest BCUT2D eigenvalue weighted by molar-refractivity contribution is 0.777. The van der Waals surface area contributed by atoms with E-state index in [0.717, 1.165) is 6.42 Å². The maximum absolute atomic E-state index is 3.79. The minimum Gasteiger partial charge on any atom is -0.377 e. The predicted molar refractivity (Wildman–Crippen MR) is 107 cm³/mol. The Kier molecular flexibility index (Phi) is 4.47. The molecule has 0 radical (unpaired) electrons. The van der Waals surface area contributed by atoms with Gasteiger partial charge in [-0.1, -0.05) is 97.1 Å². The Hall–Kier alpha value is -3.06. The highest BCUT2D eigenvalue weighted by atomic mass is 14.9. The van der Waals surface area contributed by atoms with E-state index in [1.807, 2.05) is 0 Å². The molecule has 4 rings (SSSR count). The van der Waals surface area contributed by atoms with Gasteiger partial charge in [0, 0.05) is 11.1 Å². The van der Waals surface area contributed by atoms with Crippen LogP contribution in [-0.2, 0) is 6.42 Å². The van der Waals surface area contributed by atoms with Crippen LogP contribution in [0.15, 0.2) is 103 Å². The number of anilines is 1. The van der Waals surface area contributed by atoms with Gasteiger partial charge >= 0.3 is 0 Å². The Morgan fingerprint density at radius 1 is 0.600 bits per heavy atom. The third-order valence-corrected chi connectivity index (χ3v) is 4.60. The molecule has 0 spiro atoms. The first-order valence-corrected chi connectivity index (χ1v) is 8.73. The molecule has 1 heteroatoms. The van der Waals surface area contributed by atoms with Crippen molar-refractivity contribution in [3.05, 3.63) is 114 Å². The Bertz CT molecular complexity index is 940. The lowest BCUT2D eigenvalue weighted by atomic mass is 9.98. The van der Waals surface area contributed by atoms with Crippen LogP contribution >= 0.6 is 0 Å². The summed E-state index contributed by atoms with van der Waals surface area (Å²) < 4.78 is 0. The summed E-state index contributed by atoms with van der Waals surface area (Å²) >= 11 is 0. The van der Waals surface area contributed by atoms with Crippen LogP contribution in [0, 0.1) is 0 Å². The van der Waals surface area contributed by atoms with Gasteiger partial charge in [-0.25, -0.2) is 0 Å². The number of hydrogen-bond donors (Lipinski definition) is 1. The van der Waals surface area contributed by atoms with Gasteiger partial charge in [-0.2, -0.15) is 0 Å². The second-order valence-electron chi connectivity index (χ2n) is 6.32. The Morgan fingerprint density at radius 2 is 1.24 bits per heavy atom. The first-order chi connectivity index (χ1) is 12.4. The van der Waals surface area contributed by atoms with Gasteiger partial charge in [-0.3, -0.25) is 0 Å². The Labute approximate surface area is 149 Å². The zero-order chi connectivity index (χ0) is 16.9. The van der Waals surface area contributed by atoms with E-state index in [2.05, 4.69) is 108 Å². The largest absolute Gasteiger partial charge is 0.377 e. The molecule has 25 heavy (non-hydrogen) atoms. The molecule has 0 fully saturated rings. The summed E-state index contributed by atoms with van der Waals surface area (Å²) in [5.41, 5.74) is 3.83. The quantitative estimate of drug-likeness (QED) is 0.458. The number of hydrogen-bond acceptors (Lipinski definition) is 1. The van der Waals surface area contributed by atoms with Crippen molar-refractivity contribution in [2.45, 2.75) is 12.5 Å². The Morgan fingerprint density at radius 3 is 2.04 bits per heavy atom. The fourth-order valence-corrected chi connectivity index (χ4v) is 3.33. The van der Waals surface area contributed by atoms with E-state index < -0.39 is 0 Å². The van der Waals surface area contributed by atoms with Crippen molar-refractivity contribution in [3.8, 4) is 0 Å². The first kappa shape index (κ1) is 15.5. The minimum absolute atomic E-state index is 0.231. The van der Waals surface area contributed by atoms with Crippen LogP contribution < -0.4 is 5.32 Å². The van der Waals surface area contributed by atoms with Gasteiger partial charge < -0.3 is 5.32 Å². The fraction of sp³-hybridized carbons (Fsp3) is 0.0833. The summed E-state index contributed by atoms with van der Waals surface area (Å²) in [6, 6.07) is 36.6. The number of fused-ring (bicyclic) bond motifs is 1. The summed E-state index contributed by atoms with van der Waals surface area (Å²) in [6.45, 7) is 0. The van der Waals surface area contributed by atoms with E-state index in [4.69, 9.17) is 0 Å². The molecule has 0 amide bonds. The monoisotopic (exact) mass is 323 g/mol. The zero-order valence-corrected chi connectivity index (χ0v) is 14.1. The highest BCUT2D eigenvalue weighted by molar-refractivity contribution is 5.93. The van der Waals surface area contributed by atoms with Gasteiger partial charge in [0.2, 0.25) is 0 Å². The van der Waals surface area contributed by atoms with Gasteiger partial charge in [-0.15, -0.1) is 0 Å². The number of benzene rings is 4. The van der Waals surface area contributed by atoms with E-state index in [0.29, 0.717) is 0 Å². The molecule has 0 aliphatic heterocycles. The van der Waals surface area contributed by atoms with Crippen LogP contribution in [0.2, 0.25) is 0 Å². The van der Waals surface area contributed by atoms with Gasteiger partial charge in [0.25, 0.3) is 0 Å². The summed E-state index contributed by atoms with van der Waals surface area (Å²) in [5.74, 6) is 0. The summed E-state index contributed by atoms with van der Waals surface area (Å²) in [4.78, 5) is 0. The van der Waals surface area contributed by atoms with E-state index >= 15 is 0 Å². The topological polar surface area (TPSA) is 12.0 Å². The van der Waals surface area contributed by atoms with Crippen LogP contribution in [-0.4, -0.2) is 0 Å². The zero-order valence-electron chi connectivity index (χ0n) is 14.1. The van der Waals surface area contributed by atoms with Crippen molar-refractivity contribution >= 4 is 16.5 Å². The molecule has 122 valence electrons. The highest BCUT2D eigenvalue weighted by Crippen LogP contribution is 2.29. The predicted octanol–water partition coefficient (Wildman–Crippen LogP) is 6.24. The smallest absolute Gasteiger partial charge is 0.0554 e. The molecule has 0 heterocycles. The molecule has 0 saturated heterocycles. The molecule has 1 atom stereocenters. The lowest BCUT2D eigenvalue weighted by Gasteiger charge is -2.22. The summed E-state index contributed by atoms with van der Waals surface area (Å²) in [7, 11) is 0. The molecule has 0 aliphatic rings. The van der Waals surface area contributed by atoms with Crippen molar-refractivity contribution in [1.82, 2.24) is 0 Å². The average molecular weight is 323 g/mol. The lowest BCUT2D eigenvalue weighted by Crippen LogP contribution is -2.14. The van der Waals surface area contributed by atoms with Gasteiger partial charge in [-0.05, 0) is 29.0 Å². The summed E-state index contributed by atoms with van der Waals surface area (Å²) in [6.07, 6.45) is 0.952. The van der Waals surface area contributed by atoms with Crippen molar-refractivity contribution in [1.29, 1.82) is 0 Å². The van der Waals surface area contributed by atoms with Gasteiger partial charge in [0.1, 0.15) is 0 Å². The molecule has 0 aliphatic carbocycles. The molecule has 1 unspecified atom stereocenters. The van der Waals surface area contributed by atoms with Gasteiger partial charge in [0.05, 0.1) is 6.04 Å². The number of rotatable bonds is 5. The third-order valence-electron chi connectivity index (χ3n) is 4.60. The fourth-order valence-electron chi connectivity index (χ4n) is 3.33. The molecule has 0 aromatic heterocycles. The molecule has 1 nitrogen and oxygen atoms in total. The molecule has 4 aromatic rings. The summed E-state index contributed by atoms with van der Waals surface area (Å²) in [5, 5.41) is 6.31. The van der Waals surface area contributed by atoms with E-state index in [-0.39, 0.29) is 6.04 Å². The highest BCUT2D eigenvalue weighted by Gasteiger charge is 2.13. The number of nitrogens with one attached hydrogen (secondary N) is 1. The van der Waals surface area contributed by atoms with Crippen LogP contribution in [0.5, 0.6) is 0 Å². The molecule has 0 saturated carbocycles. The Balaban J connectivity index is 1.70. The second-order valence-corrected chi connectivity index (χ2v) is 6.32. The van der Waals surface area contributed by atoms with Crippen molar-refractivity contribution in [2.24, 2.45) is 0 Å². The van der Waals surface area contributed by atoms with Gasteiger partial charge in [0.15, 0.2) is 0 Å². The second kappa shape index (κ2) is 7.23. The average Bonchev–Trinajstić information content (AvgIpc) is 2.69. The molecule has 0 bridgehead atoms. The van der Waals surface area contributed by atoms with Crippen molar-refractivity contribution in [3.63, 3.8) is 0 Å². The van der Waals surface area contributed by atoms with Crippen LogP contribution in [0.1, 0.15) is 17.2 Å². The van der Waals surface area contributed by atoms with E-state index in [1.54, 1.807) is 0 Å². The normalized spacial score (nSPS) is 12.0. The van der Waals surface area contributed by atoms with Crippen LogP contribution in [0.4, 0.5) is 5.69 Å². The molecule has 4 aromatic carbocycles. The van der Waals surface area contributed by atoms with Crippen molar-refractivity contribution in [2.75, 3.05) is 5.32 Å². The third kappa shape index (κ3) is 3.56. The molecular formula is C24H21N. The standard InChI is InChI=1S/C24H21N/c1-3-10-19(11-4-1)18-24(21-13-5-2-6-14-21)25-23-17-9-15-20-12-7-8-16-22(20)23/h1-17,24-25H,18H2. The SMILES string of the molecule is c1ccc(CC(Nc2cccc3ccccc23)c2ccccc2)cc1. The maximum Gasteiger partial charge on any atom is 0.0554 e. The molecular weight excluding hydrogens is 302 g/mol. The molecule has 1 N–H and O–H groups in total. The van der Waals surface area contributed by atoms with E-state index in [1.165, 1.54) is 27.6 Å². The minimum atomic E-state index is 0.231.